The number of ether oxygens (including phenoxy) is 1. The van der Waals surface area contributed by atoms with Crippen LogP contribution in [0.4, 0.5) is 0 Å². The van der Waals surface area contributed by atoms with Gasteiger partial charge in [-0.05, 0) is 35.4 Å². The average molecular weight is 202 g/mol. The minimum Gasteiger partial charge on any atom is -0.497 e. The highest BCUT2D eigenvalue weighted by Gasteiger charge is 2.06. The first-order valence-electron chi connectivity index (χ1n) is 4.97. The molecule has 2 heteroatoms. The Hall–Kier alpha value is -1.54. The van der Waals surface area contributed by atoms with Crippen LogP contribution in [0.25, 0.3) is 10.8 Å². The van der Waals surface area contributed by atoms with E-state index >= 15 is 0 Å². The van der Waals surface area contributed by atoms with E-state index in [1.807, 2.05) is 36.4 Å². The molecular formula is C13H14O2. The van der Waals surface area contributed by atoms with Crippen molar-refractivity contribution in [3.05, 3.63) is 42.0 Å². The van der Waals surface area contributed by atoms with Crippen LogP contribution in [0.15, 0.2) is 36.4 Å². The van der Waals surface area contributed by atoms with E-state index in [1.54, 1.807) is 14.0 Å². The van der Waals surface area contributed by atoms with Gasteiger partial charge in [0, 0.05) is 0 Å². The van der Waals surface area contributed by atoms with E-state index in [9.17, 15) is 5.11 Å². The molecule has 0 saturated carbocycles. The van der Waals surface area contributed by atoms with E-state index in [2.05, 4.69) is 0 Å². The van der Waals surface area contributed by atoms with Gasteiger partial charge < -0.3 is 9.84 Å². The Morgan fingerprint density at radius 2 is 2.00 bits per heavy atom. The third-order valence-corrected chi connectivity index (χ3v) is 2.57. The molecular weight excluding hydrogens is 188 g/mol. The second-order valence-electron chi connectivity index (χ2n) is 3.61. The zero-order valence-electron chi connectivity index (χ0n) is 8.90. The molecule has 0 radical (unpaired) electrons. The molecule has 0 aliphatic rings. The second-order valence-corrected chi connectivity index (χ2v) is 3.61. The van der Waals surface area contributed by atoms with Crippen molar-refractivity contribution < 1.29 is 9.84 Å². The molecule has 2 rings (SSSR count). The zero-order valence-corrected chi connectivity index (χ0v) is 8.90. The standard InChI is InChI=1S/C13H14O2/c1-9(14)12-5-3-4-10-8-11(15-2)6-7-13(10)12/h3-9,14H,1-2H3. The molecule has 1 N–H and O–H groups in total. The van der Waals surface area contributed by atoms with Crippen molar-refractivity contribution in [2.75, 3.05) is 7.11 Å². The SMILES string of the molecule is COc1ccc2c(C(C)O)cccc2c1. The van der Waals surface area contributed by atoms with Crippen LogP contribution < -0.4 is 4.74 Å². The van der Waals surface area contributed by atoms with Crippen LogP contribution in [0.3, 0.4) is 0 Å². The number of methoxy groups -OCH3 is 1. The quantitative estimate of drug-likeness (QED) is 0.811. The van der Waals surface area contributed by atoms with E-state index in [4.69, 9.17) is 4.74 Å². The van der Waals surface area contributed by atoms with Gasteiger partial charge in [0.05, 0.1) is 13.2 Å². The zero-order chi connectivity index (χ0) is 10.8. The maximum absolute atomic E-state index is 9.62. The van der Waals surface area contributed by atoms with Crippen LogP contribution in [0.1, 0.15) is 18.6 Å². The Kier molecular flexibility index (Phi) is 2.60. The lowest BCUT2D eigenvalue weighted by Crippen LogP contribution is -1.92. The third-order valence-electron chi connectivity index (χ3n) is 2.57. The lowest BCUT2D eigenvalue weighted by molar-refractivity contribution is 0.201. The predicted octanol–water partition coefficient (Wildman–Crippen LogP) is 2.90. The van der Waals surface area contributed by atoms with Gasteiger partial charge in [-0.2, -0.15) is 0 Å². The first-order chi connectivity index (χ1) is 7.22. The van der Waals surface area contributed by atoms with Crippen molar-refractivity contribution in [2.45, 2.75) is 13.0 Å². The molecule has 0 aliphatic carbocycles. The van der Waals surface area contributed by atoms with Gasteiger partial charge in [0.2, 0.25) is 0 Å². The Morgan fingerprint density at radius 1 is 1.20 bits per heavy atom. The van der Waals surface area contributed by atoms with Gasteiger partial charge >= 0.3 is 0 Å². The molecule has 0 heterocycles. The lowest BCUT2D eigenvalue weighted by atomic mass is 10.0. The number of rotatable bonds is 2. The normalized spacial score (nSPS) is 12.7. The summed E-state index contributed by atoms with van der Waals surface area (Å²) in [5, 5.41) is 11.8. The number of fused-ring (bicyclic) bond motifs is 1. The summed E-state index contributed by atoms with van der Waals surface area (Å²) < 4.78 is 5.16. The molecule has 0 amide bonds. The average Bonchev–Trinajstić information content (AvgIpc) is 2.27. The monoisotopic (exact) mass is 202 g/mol. The Balaban J connectivity index is 2.67. The summed E-state index contributed by atoms with van der Waals surface area (Å²) in [6.07, 6.45) is -0.443. The first kappa shape index (κ1) is 9.99. The van der Waals surface area contributed by atoms with Crippen molar-refractivity contribution in [3.8, 4) is 5.75 Å². The number of benzene rings is 2. The van der Waals surface area contributed by atoms with E-state index in [0.29, 0.717) is 0 Å². The van der Waals surface area contributed by atoms with Crippen LogP contribution in [0, 0.1) is 0 Å². The fraction of sp³-hybridized carbons (Fsp3) is 0.231. The summed E-state index contributed by atoms with van der Waals surface area (Å²) in [6, 6.07) is 11.8. The van der Waals surface area contributed by atoms with Crippen LogP contribution in [-0.2, 0) is 0 Å². The van der Waals surface area contributed by atoms with Crippen molar-refractivity contribution in [3.63, 3.8) is 0 Å². The van der Waals surface area contributed by atoms with Gasteiger partial charge in [0.15, 0.2) is 0 Å². The predicted molar refractivity (Wildman–Crippen MR) is 61.1 cm³/mol. The molecule has 0 fully saturated rings. The molecule has 1 unspecified atom stereocenters. The summed E-state index contributed by atoms with van der Waals surface area (Å²) >= 11 is 0. The molecule has 2 aromatic rings. The second kappa shape index (κ2) is 3.91. The van der Waals surface area contributed by atoms with Crippen LogP contribution in [-0.4, -0.2) is 12.2 Å². The summed E-state index contributed by atoms with van der Waals surface area (Å²) in [5.41, 5.74) is 0.954. The van der Waals surface area contributed by atoms with E-state index in [-0.39, 0.29) is 0 Å². The van der Waals surface area contributed by atoms with E-state index < -0.39 is 6.10 Å². The van der Waals surface area contributed by atoms with Gasteiger partial charge in [-0.3, -0.25) is 0 Å². The Labute approximate surface area is 89.1 Å². The maximum Gasteiger partial charge on any atom is 0.119 e. The minimum atomic E-state index is -0.443. The molecule has 78 valence electrons. The molecule has 0 aromatic heterocycles. The Morgan fingerprint density at radius 3 is 2.67 bits per heavy atom. The molecule has 0 bridgehead atoms. The van der Waals surface area contributed by atoms with Crippen LogP contribution in [0.5, 0.6) is 5.75 Å². The summed E-state index contributed by atoms with van der Waals surface area (Å²) in [5.74, 6) is 0.838. The van der Waals surface area contributed by atoms with E-state index in [1.165, 1.54) is 0 Å². The number of hydrogen-bond acceptors (Lipinski definition) is 2. The maximum atomic E-state index is 9.62. The molecule has 0 spiro atoms. The van der Waals surface area contributed by atoms with Crippen LogP contribution >= 0.6 is 0 Å². The highest BCUT2D eigenvalue weighted by atomic mass is 16.5. The Bertz CT molecular complexity index is 475. The van der Waals surface area contributed by atoms with Gasteiger partial charge in [-0.1, -0.05) is 24.3 Å². The molecule has 15 heavy (non-hydrogen) atoms. The number of hydrogen-bond donors (Lipinski definition) is 1. The first-order valence-corrected chi connectivity index (χ1v) is 4.97. The number of aliphatic hydroxyl groups excluding tert-OH is 1. The third kappa shape index (κ3) is 1.81. The summed E-state index contributed by atoms with van der Waals surface area (Å²) in [4.78, 5) is 0. The lowest BCUT2D eigenvalue weighted by Gasteiger charge is -2.09. The number of aliphatic hydroxyl groups is 1. The van der Waals surface area contributed by atoms with Gasteiger partial charge in [0.25, 0.3) is 0 Å². The van der Waals surface area contributed by atoms with Gasteiger partial charge in [0.1, 0.15) is 5.75 Å². The largest absolute Gasteiger partial charge is 0.497 e. The highest BCUT2D eigenvalue weighted by Crippen LogP contribution is 2.27. The van der Waals surface area contributed by atoms with E-state index in [0.717, 1.165) is 22.1 Å². The van der Waals surface area contributed by atoms with Crippen molar-refractivity contribution in [1.82, 2.24) is 0 Å². The molecule has 0 saturated heterocycles. The fourth-order valence-corrected chi connectivity index (χ4v) is 1.78. The molecule has 1 atom stereocenters. The summed E-state index contributed by atoms with van der Waals surface area (Å²) in [6.45, 7) is 1.78. The van der Waals surface area contributed by atoms with Crippen molar-refractivity contribution in [1.29, 1.82) is 0 Å². The minimum absolute atomic E-state index is 0.443. The van der Waals surface area contributed by atoms with Gasteiger partial charge in [-0.25, -0.2) is 0 Å². The molecule has 2 nitrogen and oxygen atoms in total. The van der Waals surface area contributed by atoms with Crippen molar-refractivity contribution >= 4 is 10.8 Å². The fourth-order valence-electron chi connectivity index (χ4n) is 1.78. The van der Waals surface area contributed by atoms with Crippen LogP contribution in [0.2, 0.25) is 0 Å². The highest BCUT2D eigenvalue weighted by molar-refractivity contribution is 5.87. The molecule has 0 aliphatic heterocycles. The smallest absolute Gasteiger partial charge is 0.119 e. The summed E-state index contributed by atoms with van der Waals surface area (Å²) in [7, 11) is 1.65. The topological polar surface area (TPSA) is 29.5 Å². The molecule has 2 aromatic carbocycles. The van der Waals surface area contributed by atoms with Crippen molar-refractivity contribution in [2.24, 2.45) is 0 Å². The van der Waals surface area contributed by atoms with Gasteiger partial charge in [-0.15, -0.1) is 0 Å².